The second-order valence-electron chi connectivity index (χ2n) is 2.18. The maximum Gasteiger partial charge on any atom is 0.196 e. The summed E-state index contributed by atoms with van der Waals surface area (Å²) >= 11 is 0. The smallest absolute Gasteiger partial charge is 0.196 e. The SMILES string of the molecule is Nc1ccc2c(n1)N=CCO2. The van der Waals surface area contributed by atoms with E-state index in [1.807, 2.05) is 0 Å². The van der Waals surface area contributed by atoms with Crippen LogP contribution >= 0.6 is 0 Å². The van der Waals surface area contributed by atoms with Crippen molar-refractivity contribution < 1.29 is 4.74 Å². The molecular weight excluding hydrogens is 142 g/mol. The number of nitrogens with two attached hydrogens (primary N) is 1. The van der Waals surface area contributed by atoms with E-state index in [0.717, 1.165) is 0 Å². The lowest BCUT2D eigenvalue weighted by Crippen LogP contribution is -2.04. The molecule has 11 heavy (non-hydrogen) atoms. The number of fused-ring (bicyclic) bond motifs is 1. The standard InChI is InChI=1S/C7H7N3O/c8-6-2-1-5-7(10-6)9-3-4-11-5/h1-3H,4H2,(H2,8,10). The first-order valence-electron chi connectivity index (χ1n) is 3.28. The zero-order chi connectivity index (χ0) is 7.68. The van der Waals surface area contributed by atoms with E-state index in [0.29, 0.717) is 24.0 Å². The zero-order valence-electron chi connectivity index (χ0n) is 5.82. The molecule has 1 aromatic rings. The first-order chi connectivity index (χ1) is 5.36. The van der Waals surface area contributed by atoms with Crippen molar-refractivity contribution in [2.45, 2.75) is 0 Å². The third kappa shape index (κ3) is 1.02. The van der Waals surface area contributed by atoms with Crippen molar-refractivity contribution in [1.82, 2.24) is 4.98 Å². The van der Waals surface area contributed by atoms with Crippen molar-refractivity contribution in [3.8, 4) is 5.75 Å². The Balaban J connectivity index is 2.54. The second-order valence-corrected chi connectivity index (χ2v) is 2.18. The van der Waals surface area contributed by atoms with Gasteiger partial charge in [0, 0.05) is 6.21 Å². The predicted molar refractivity (Wildman–Crippen MR) is 42.3 cm³/mol. The minimum atomic E-state index is 0.464. The molecule has 56 valence electrons. The van der Waals surface area contributed by atoms with E-state index in [1.54, 1.807) is 18.3 Å². The largest absolute Gasteiger partial charge is 0.484 e. The van der Waals surface area contributed by atoms with Gasteiger partial charge in [-0.25, -0.2) is 9.98 Å². The van der Waals surface area contributed by atoms with Crippen molar-refractivity contribution in [1.29, 1.82) is 0 Å². The molecule has 0 saturated heterocycles. The van der Waals surface area contributed by atoms with Gasteiger partial charge in [0.2, 0.25) is 0 Å². The van der Waals surface area contributed by atoms with Gasteiger partial charge in [-0.05, 0) is 12.1 Å². The van der Waals surface area contributed by atoms with Gasteiger partial charge in [0.15, 0.2) is 11.6 Å². The summed E-state index contributed by atoms with van der Waals surface area (Å²) in [6, 6.07) is 3.47. The normalized spacial score (nSPS) is 13.8. The molecule has 2 N–H and O–H groups in total. The number of ether oxygens (including phenoxy) is 1. The minimum Gasteiger partial charge on any atom is -0.484 e. The van der Waals surface area contributed by atoms with Crippen molar-refractivity contribution in [2.75, 3.05) is 12.3 Å². The molecule has 0 aromatic carbocycles. The van der Waals surface area contributed by atoms with Crippen LogP contribution in [-0.4, -0.2) is 17.8 Å². The molecule has 0 spiro atoms. The molecule has 0 unspecified atom stereocenters. The molecule has 0 fully saturated rings. The number of aromatic nitrogens is 1. The average molecular weight is 149 g/mol. The summed E-state index contributed by atoms with van der Waals surface area (Å²) in [5, 5.41) is 0. The number of anilines is 1. The zero-order valence-corrected chi connectivity index (χ0v) is 5.82. The Hall–Kier alpha value is -1.58. The Kier molecular flexibility index (Phi) is 1.25. The monoisotopic (exact) mass is 149 g/mol. The third-order valence-electron chi connectivity index (χ3n) is 1.39. The Morgan fingerprint density at radius 2 is 2.36 bits per heavy atom. The number of nitrogen functional groups attached to an aromatic ring is 1. The summed E-state index contributed by atoms with van der Waals surface area (Å²) in [5.41, 5.74) is 5.44. The number of nitrogens with zero attached hydrogens (tertiary/aromatic N) is 2. The van der Waals surface area contributed by atoms with Crippen LogP contribution < -0.4 is 10.5 Å². The highest BCUT2D eigenvalue weighted by Gasteiger charge is 2.06. The van der Waals surface area contributed by atoms with Crippen molar-refractivity contribution in [3.05, 3.63) is 12.1 Å². The third-order valence-corrected chi connectivity index (χ3v) is 1.39. The van der Waals surface area contributed by atoms with Crippen LogP contribution in [0, 0.1) is 0 Å². The first kappa shape index (κ1) is 6.15. The number of pyridine rings is 1. The van der Waals surface area contributed by atoms with Crippen LogP contribution in [0.3, 0.4) is 0 Å². The van der Waals surface area contributed by atoms with Gasteiger partial charge in [0.25, 0.3) is 0 Å². The van der Waals surface area contributed by atoms with Gasteiger partial charge in [-0.2, -0.15) is 0 Å². The molecule has 1 aromatic heterocycles. The van der Waals surface area contributed by atoms with Gasteiger partial charge < -0.3 is 10.5 Å². The van der Waals surface area contributed by atoms with Crippen LogP contribution in [0.5, 0.6) is 5.75 Å². The van der Waals surface area contributed by atoms with Crippen LogP contribution in [0.25, 0.3) is 0 Å². The highest BCUT2D eigenvalue weighted by Crippen LogP contribution is 2.27. The summed E-state index contributed by atoms with van der Waals surface area (Å²) in [4.78, 5) is 7.98. The predicted octanol–water partition coefficient (Wildman–Crippen LogP) is 0.759. The molecular formula is C7H7N3O. The lowest BCUT2D eigenvalue weighted by molar-refractivity contribution is 0.375. The highest BCUT2D eigenvalue weighted by atomic mass is 16.5. The van der Waals surface area contributed by atoms with E-state index in [2.05, 4.69) is 9.98 Å². The topological polar surface area (TPSA) is 60.5 Å². The average Bonchev–Trinajstić information content (AvgIpc) is 2.04. The van der Waals surface area contributed by atoms with Crippen LogP contribution in [0.1, 0.15) is 0 Å². The Morgan fingerprint density at radius 1 is 1.45 bits per heavy atom. The summed E-state index contributed by atoms with van der Waals surface area (Å²) < 4.78 is 5.21. The number of hydrogen-bond acceptors (Lipinski definition) is 4. The lowest BCUT2D eigenvalue weighted by atomic mass is 10.4. The fraction of sp³-hybridized carbons (Fsp3) is 0.143. The summed E-state index contributed by atoms with van der Waals surface area (Å²) in [5.74, 6) is 1.73. The maximum atomic E-state index is 5.44. The number of hydrogen-bond donors (Lipinski definition) is 1. The molecule has 4 nitrogen and oxygen atoms in total. The maximum absolute atomic E-state index is 5.44. The fourth-order valence-electron chi connectivity index (χ4n) is 0.906. The van der Waals surface area contributed by atoms with Crippen LogP contribution in [0.4, 0.5) is 11.6 Å². The van der Waals surface area contributed by atoms with E-state index in [9.17, 15) is 0 Å². The Morgan fingerprint density at radius 3 is 3.27 bits per heavy atom. The highest BCUT2D eigenvalue weighted by molar-refractivity contribution is 5.69. The van der Waals surface area contributed by atoms with Crippen molar-refractivity contribution in [3.63, 3.8) is 0 Å². The molecule has 2 heterocycles. The molecule has 0 atom stereocenters. The lowest BCUT2D eigenvalue weighted by Gasteiger charge is -2.09. The molecule has 2 rings (SSSR count). The molecule has 4 heteroatoms. The summed E-state index contributed by atoms with van der Waals surface area (Å²) in [6.07, 6.45) is 1.66. The summed E-state index contributed by atoms with van der Waals surface area (Å²) in [6.45, 7) is 0.512. The Bertz CT molecular complexity index is 309. The van der Waals surface area contributed by atoms with Crippen LogP contribution in [0.15, 0.2) is 17.1 Å². The fourth-order valence-corrected chi connectivity index (χ4v) is 0.906. The molecule has 1 aliphatic rings. The molecule has 1 aliphatic heterocycles. The number of aliphatic imine (C=N–C) groups is 1. The van der Waals surface area contributed by atoms with E-state index >= 15 is 0 Å². The molecule has 0 saturated carbocycles. The summed E-state index contributed by atoms with van der Waals surface area (Å²) in [7, 11) is 0. The van der Waals surface area contributed by atoms with E-state index < -0.39 is 0 Å². The number of rotatable bonds is 0. The first-order valence-corrected chi connectivity index (χ1v) is 3.28. The van der Waals surface area contributed by atoms with Gasteiger partial charge in [0.05, 0.1) is 0 Å². The van der Waals surface area contributed by atoms with Crippen LogP contribution in [-0.2, 0) is 0 Å². The second kappa shape index (κ2) is 2.23. The van der Waals surface area contributed by atoms with Gasteiger partial charge in [-0.1, -0.05) is 0 Å². The van der Waals surface area contributed by atoms with E-state index in [-0.39, 0.29) is 0 Å². The van der Waals surface area contributed by atoms with Crippen molar-refractivity contribution in [2.24, 2.45) is 4.99 Å². The van der Waals surface area contributed by atoms with E-state index in [1.165, 1.54) is 0 Å². The van der Waals surface area contributed by atoms with Gasteiger partial charge >= 0.3 is 0 Å². The van der Waals surface area contributed by atoms with Gasteiger partial charge in [0.1, 0.15) is 12.4 Å². The van der Waals surface area contributed by atoms with Gasteiger partial charge in [-0.3, -0.25) is 0 Å². The van der Waals surface area contributed by atoms with E-state index in [4.69, 9.17) is 10.5 Å². The molecule has 0 bridgehead atoms. The minimum absolute atomic E-state index is 0.464. The quantitative estimate of drug-likeness (QED) is 0.592. The van der Waals surface area contributed by atoms with Gasteiger partial charge in [-0.15, -0.1) is 0 Å². The molecule has 0 aliphatic carbocycles. The molecule has 0 amide bonds. The Labute approximate surface area is 63.7 Å². The van der Waals surface area contributed by atoms with Crippen LogP contribution in [0.2, 0.25) is 0 Å². The molecule has 0 radical (unpaired) electrons. The van der Waals surface area contributed by atoms with Crippen molar-refractivity contribution >= 4 is 17.9 Å².